The Kier molecular flexibility index (Phi) is 6.22. The lowest BCUT2D eigenvalue weighted by Gasteiger charge is -2.21. The van der Waals surface area contributed by atoms with E-state index >= 15 is 0 Å². The molecular weight excluding hydrogens is 298 g/mol. The van der Waals surface area contributed by atoms with Crippen LogP contribution in [0.15, 0.2) is 18.2 Å². The van der Waals surface area contributed by atoms with Crippen LogP contribution < -0.4 is 20.7 Å². The molecule has 0 bridgehead atoms. The van der Waals surface area contributed by atoms with E-state index in [1.54, 1.807) is 13.2 Å². The summed E-state index contributed by atoms with van der Waals surface area (Å²) in [5.74, 6) is 0.465. The van der Waals surface area contributed by atoms with E-state index in [0.717, 1.165) is 18.4 Å². The highest BCUT2D eigenvalue weighted by Gasteiger charge is 2.18. The number of carbonyl (C=O) groups is 2. The number of fused-ring (bicyclic) bond motifs is 1. The largest absolute Gasteiger partial charge is 0.482 e. The zero-order chi connectivity index (χ0) is 16.7. The molecular formula is C16H23N3O4. The van der Waals surface area contributed by atoms with Gasteiger partial charge in [0.05, 0.1) is 11.7 Å². The van der Waals surface area contributed by atoms with E-state index in [1.807, 2.05) is 19.1 Å². The highest BCUT2D eigenvalue weighted by atomic mass is 16.5. The Morgan fingerprint density at radius 3 is 3.04 bits per heavy atom. The third-order valence-corrected chi connectivity index (χ3v) is 3.54. The molecule has 2 rings (SSSR count). The Labute approximate surface area is 135 Å². The second kappa shape index (κ2) is 8.38. The summed E-state index contributed by atoms with van der Waals surface area (Å²) in [5.41, 5.74) is 1.52. The number of methoxy groups -OCH3 is 1. The first-order valence-corrected chi connectivity index (χ1v) is 7.70. The third-order valence-electron chi connectivity index (χ3n) is 3.54. The van der Waals surface area contributed by atoms with Gasteiger partial charge >= 0.3 is 6.03 Å². The van der Waals surface area contributed by atoms with E-state index in [0.29, 0.717) is 24.6 Å². The molecule has 1 heterocycles. The molecule has 0 spiro atoms. The summed E-state index contributed by atoms with van der Waals surface area (Å²) >= 11 is 0. The maximum absolute atomic E-state index is 11.9. The second-order valence-corrected chi connectivity index (χ2v) is 5.41. The summed E-state index contributed by atoms with van der Waals surface area (Å²) in [4.78, 5) is 23.2. The number of benzene rings is 1. The van der Waals surface area contributed by atoms with Crippen LogP contribution in [0.5, 0.6) is 5.75 Å². The summed E-state index contributed by atoms with van der Waals surface area (Å²) < 4.78 is 10.3. The van der Waals surface area contributed by atoms with Crippen LogP contribution in [0.4, 0.5) is 10.5 Å². The Bertz CT molecular complexity index is 562. The van der Waals surface area contributed by atoms with Gasteiger partial charge in [0.1, 0.15) is 5.75 Å². The standard InChI is InChI=1S/C16H23N3O4/c1-11(18-16(21)17-7-3-4-8-22-2)12-5-6-14-13(9-12)19-15(20)10-23-14/h5-6,9,11H,3-4,7-8,10H2,1-2H3,(H,19,20)(H2,17,18,21)/t11-/m0/s1. The molecule has 0 aromatic heterocycles. The van der Waals surface area contributed by atoms with Crippen molar-refractivity contribution < 1.29 is 19.1 Å². The molecule has 0 saturated heterocycles. The summed E-state index contributed by atoms with van der Waals surface area (Å²) in [6.07, 6.45) is 1.79. The second-order valence-electron chi connectivity index (χ2n) is 5.41. The summed E-state index contributed by atoms with van der Waals surface area (Å²) in [6, 6.07) is 5.09. The van der Waals surface area contributed by atoms with Crippen LogP contribution in [-0.2, 0) is 9.53 Å². The van der Waals surface area contributed by atoms with Crippen LogP contribution in [0.2, 0.25) is 0 Å². The average Bonchev–Trinajstić information content (AvgIpc) is 2.53. The zero-order valence-corrected chi connectivity index (χ0v) is 13.5. The van der Waals surface area contributed by atoms with Gasteiger partial charge in [-0.3, -0.25) is 4.79 Å². The van der Waals surface area contributed by atoms with Crippen molar-refractivity contribution >= 4 is 17.6 Å². The number of urea groups is 1. The van der Waals surface area contributed by atoms with Gasteiger partial charge < -0.3 is 25.4 Å². The molecule has 1 aliphatic heterocycles. The molecule has 23 heavy (non-hydrogen) atoms. The van der Waals surface area contributed by atoms with Gasteiger partial charge in [-0.2, -0.15) is 0 Å². The number of amides is 3. The van der Waals surface area contributed by atoms with E-state index in [9.17, 15) is 9.59 Å². The minimum Gasteiger partial charge on any atom is -0.482 e. The molecule has 0 saturated carbocycles. The Morgan fingerprint density at radius 1 is 1.43 bits per heavy atom. The van der Waals surface area contributed by atoms with E-state index in [4.69, 9.17) is 9.47 Å². The lowest BCUT2D eigenvalue weighted by molar-refractivity contribution is -0.118. The maximum Gasteiger partial charge on any atom is 0.315 e. The Hall–Kier alpha value is -2.28. The van der Waals surface area contributed by atoms with Crippen molar-refractivity contribution in [3.05, 3.63) is 23.8 Å². The van der Waals surface area contributed by atoms with Crippen LogP contribution in [0.1, 0.15) is 31.4 Å². The minimum atomic E-state index is -0.215. The molecule has 1 aromatic carbocycles. The predicted octanol–water partition coefficient (Wildman–Crippen LogP) is 1.80. The molecule has 0 unspecified atom stereocenters. The highest BCUT2D eigenvalue weighted by Crippen LogP contribution is 2.30. The maximum atomic E-state index is 11.9. The fraction of sp³-hybridized carbons (Fsp3) is 0.500. The topological polar surface area (TPSA) is 88.7 Å². The SMILES string of the molecule is COCCCCNC(=O)N[C@@H](C)c1ccc2c(c1)NC(=O)CO2. The van der Waals surface area contributed by atoms with Crippen LogP contribution in [-0.4, -0.2) is 38.8 Å². The van der Waals surface area contributed by atoms with Crippen LogP contribution in [0.3, 0.4) is 0 Å². The number of rotatable bonds is 7. The van der Waals surface area contributed by atoms with Crippen molar-refractivity contribution in [3.8, 4) is 5.75 Å². The normalized spacial score (nSPS) is 14.3. The first kappa shape index (κ1) is 17.1. The molecule has 1 aromatic rings. The summed E-state index contributed by atoms with van der Waals surface area (Å²) in [6.45, 7) is 3.22. The van der Waals surface area contributed by atoms with Crippen molar-refractivity contribution in [2.45, 2.75) is 25.8 Å². The van der Waals surface area contributed by atoms with Gasteiger partial charge in [-0.1, -0.05) is 6.07 Å². The average molecular weight is 321 g/mol. The van der Waals surface area contributed by atoms with Gasteiger partial charge in [0.15, 0.2) is 6.61 Å². The molecule has 126 valence electrons. The number of carbonyl (C=O) groups excluding carboxylic acids is 2. The number of hydrogen-bond acceptors (Lipinski definition) is 4. The van der Waals surface area contributed by atoms with Crippen LogP contribution in [0.25, 0.3) is 0 Å². The zero-order valence-electron chi connectivity index (χ0n) is 13.5. The number of unbranched alkanes of at least 4 members (excludes halogenated alkanes) is 1. The first-order valence-electron chi connectivity index (χ1n) is 7.70. The number of nitrogens with one attached hydrogen (secondary N) is 3. The van der Waals surface area contributed by atoms with E-state index < -0.39 is 0 Å². The van der Waals surface area contributed by atoms with Crippen molar-refractivity contribution in [1.29, 1.82) is 0 Å². The Balaban J connectivity index is 1.83. The fourth-order valence-electron chi connectivity index (χ4n) is 2.27. The van der Waals surface area contributed by atoms with Gasteiger partial charge in [0.25, 0.3) is 5.91 Å². The third kappa shape index (κ3) is 5.14. The van der Waals surface area contributed by atoms with Crippen molar-refractivity contribution in [3.63, 3.8) is 0 Å². The van der Waals surface area contributed by atoms with Gasteiger partial charge in [0, 0.05) is 20.3 Å². The molecule has 3 amide bonds. The molecule has 3 N–H and O–H groups in total. The fourth-order valence-corrected chi connectivity index (χ4v) is 2.27. The van der Waals surface area contributed by atoms with Crippen molar-refractivity contribution in [2.24, 2.45) is 0 Å². The van der Waals surface area contributed by atoms with E-state index in [2.05, 4.69) is 16.0 Å². The van der Waals surface area contributed by atoms with Gasteiger partial charge in [0.2, 0.25) is 0 Å². The van der Waals surface area contributed by atoms with Crippen molar-refractivity contribution in [2.75, 3.05) is 32.2 Å². The molecule has 7 nitrogen and oxygen atoms in total. The molecule has 0 radical (unpaired) electrons. The quantitative estimate of drug-likeness (QED) is 0.668. The monoisotopic (exact) mass is 321 g/mol. The van der Waals surface area contributed by atoms with Crippen molar-refractivity contribution in [1.82, 2.24) is 10.6 Å². The number of anilines is 1. The van der Waals surface area contributed by atoms with Crippen LogP contribution >= 0.6 is 0 Å². The van der Waals surface area contributed by atoms with E-state index in [-0.39, 0.29) is 24.6 Å². The summed E-state index contributed by atoms with van der Waals surface area (Å²) in [7, 11) is 1.66. The lowest BCUT2D eigenvalue weighted by Crippen LogP contribution is -2.37. The van der Waals surface area contributed by atoms with E-state index in [1.165, 1.54) is 0 Å². The lowest BCUT2D eigenvalue weighted by atomic mass is 10.1. The minimum absolute atomic E-state index is 0.0334. The molecule has 1 atom stereocenters. The molecule has 0 fully saturated rings. The molecule has 1 aliphatic rings. The molecule has 0 aliphatic carbocycles. The Morgan fingerprint density at radius 2 is 2.26 bits per heavy atom. The first-order chi connectivity index (χ1) is 11.1. The molecule has 7 heteroatoms. The highest BCUT2D eigenvalue weighted by molar-refractivity contribution is 5.95. The van der Waals surface area contributed by atoms with Crippen LogP contribution in [0, 0.1) is 0 Å². The summed E-state index contributed by atoms with van der Waals surface area (Å²) in [5, 5.41) is 8.44. The van der Waals surface area contributed by atoms with Gasteiger partial charge in [-0.15, -0.1) is 0 Å². The predicted molar refractivity (Wildman–Crippen MR) is 86.6 cm³/mol. The number of hydrogen-bond donors (Lipinski definition) is 3. The van der Waals surface area contributed by atoms with Gasteiger partial charge in [-0.05, 0) is 37.5 Å². The number of ether oxygens (including phenoxy) is 2. The smallest absolute Gasteiger partial charge is 0.315 e. The van der Waals surface area contributed by atoms with Gasteiger partial charge in [-0.25, -0.2) is 4.79 Å².